The van der Waals surface area contributed by atoms with Crippen LogP contribution in [0.1, 0.15) is 55.5 Å². The lowest BCUT2D eigenvalue weighted by Gasteiger charge is -2.33. The Hall–Kier alpha value is -1.78. The smallest absolute Gasteiger partial charge is 0.289 e. The average molecular weight is 304 g/mol. The maximum Gasteiger partial charge on any atom is 0.289 e. The molecule has 0 spiro atoms. The van der Waals surface area contributed by atoms with Crippen LogP contribution in [0.15, 0.2) is 22.8 Å². The molecule has 1 aromatic heterocycles. The first-order chi connectivity index (χ1) is 10.7. The molecule has 1 atom stereocenters. The number of nitrogens with one attached hydrogen (secondary N) is 1. The van der Waals surface area contributed by atoms with Gasteiger partial charge in [-0.2, -0.15) is 0 Å². The van der Waals surface area contributed by atoms with Gasteiger partial charge >= 0.3 is 0 Å². The van der Waals surface area contributed by atoms with E-state index in [2.05, 4.69) is 5.32 Å². The lowest BCUT2D eigenvalue weighted by molar-refractivity contribution is -0.127. The molecule has 1 saturated carbocycles. The van der Waals surface area contributed by atoms with Crippen LogP contribution in [0.5, 0.6) is 0 Å². The molecular weight excluding hydrogens is 280 g/mol. The SMILES string of the molecule is O=C(NC1CCCCC1)[C@H]1CCCN(C(=O)c2ccco2)C1. The minimum absolute atomic E-state index is 0.0883. The molecule has 5 heteroatoms. The Morgan fingerprint density at radius 3 is 2.68 bits per heavy atom. The largest absolute Gasteiger partial charge is 0.459 e. The van der Waals surface area contributed by atoms with E-state index in [0.717, 1.165) is 25.7 Å². The van der Waals surface area contributed by atoms with Gasteiger partial charge in [0.15, 0.2) is 5.76 Å². The number of piperidine rings is 1. The third-order valence-corrected chi connectivity index (χ3v) is 4.76. The Morgan fingerprint density at radius 1 is 1.14 bits per heavy atom. The minimum atomic E-state index is -0.111. The number of carbonyl (C=O) groups excluding carboxylic acids is 2. The molecule has 1 aromatic rings. The van der Waals surface area contributed by atoms with Gasteiger partial charge in [-0.1, -0.05) is 19.3 Å². The van der Waals surface area contributed by atoms with Gasteiger partial charge in [-0.15, -0.1) is 0 Å². The number of nitrogens with zero attached hydrogens (tertiary/aromatic N) is 1. The highest BCUT2D eigenvalue weighted by molar-refractivity contribution is 5.92. The molecule has 5 nitrogen and oxygen atoms in total. The van der Waals surface area contributed by atoms with Gasteiger partial charge in [-0.05, 0) is 37.8 Å². The maximum absolute atomic E-state index is 12.4. The van der Waals surface area contributed by atoms with E-state index in [4.69, 9.17) is 4.42 Å². The molecule has 2 heterocycles. The Kier molecular flexibility index (Phi) is 4.80. The van der Waals surface area contributed by atoms with Gasteiger partial charge < -0.3 is 14.6 Å². The topological polar surface area (TPSA) is 62.6 Å². The molecule has 1 saturated heterocycles. The number of furan rings is 1. The van der Waals surface area contributed by atoms with Gasteiger partial charge in [0.1, 0.15) is 0 Å². The predicted octanol–water partition coefficient (Wildman–Crippen LogP) is 2.58. The number of hydrogen-bond donors (Lipinski definition) is 1. The summed E-state index contributed by atoms with van der Waals surface area (Å²) in [6.45, 7) is 1.20. The molecule has 120 valence electrons. The third-order valence-electron chi connectivity index (χ3n) is 4.76. The number of carbonyl (C=O) groups is 2. The van der Waals surface area contributed by atoms with Crippen LogP contribution in [0.3, 0.4) is 0 Å². The summed E-state index contributed by atoms with van der Waals surface area (Å²) in [5.74, 6) is 0.270. The molecule has 3 rings (SSSR count). The number of rotatable bonds is 3. The van der Waals surface area contributed by atoms with Crippen LogP contribution >= 0.6 is 0 Å². The van der Waals surface area contributed by atoms with Crippen molar-refractivity contribution in [3.8, 4) is 0 Å². The third kappa shape index (κ3) is 3.51. The van der Waals surface area contributed by atoms with E-state index in [1.165, 1.54) is 25.5 Å². The van der Waals surface area contributed by atoms with Gasteiger partial charge in [-0.3, -0.25) is 9.59 Å². The molecule has 1 aliphatic carbocycles. The molecule has 0 aromatic carbocycles. The fraction of sp³-hybridized carbons (Fsp3) is 0.647. The lowest BCUT2D eigenvalue weighted by Crippen LogP contribution is -2.47. The van der Waals surface area contributed by atoms with Crippen LogP contribution in [0, 0.1) is 5.92 Å². The van der Waals surface area contributed by atoms with Gasteiger partial charge in [0.05, 0.1) is 12.2 Å². The lowest BCUT2D eigenvalue weighted by atomic mass is 9.93. The molecule has 1 aliphatic heterocycles. The zero-order chi connectivity index (χ0) is 15.4. The van der Waals surface area contributed by atoms with Crippen LogP contribution in [-0.4, -0.2) is 35.8 Å². The molecule has 2 aliphatic rings. The van der Waals surface area contributed by atoms with E-state index in [1.54, 1.807) is 17.0 Å². The zero-order valence-corrected chi connectivity index (χ0v) is 12.9. The highest BCUT2D eigenvalue weighted by atomic mass is 16.3. The van der Waals surface area contributed by atoms with E-state index in [9.17, 15) is 9.59 Å². The zero-order valence-electron chi connectivity index (χ0n) is 12.9. The van der Waals surface area contributed by atoms with Crippen LogP contribution in [0.2, 0.25) is 0 Å². The summed E-state index contributed by atoms with van der Waals surface area (Å²) in [7, 11) is 0. The maximum atomic E-state index is 12.4. The molecule has 2 amide bonds. The summed E-state index contributed by atoms with van der Waals surface area (Å²) in [6, 6.07) is 3.72. The number of amides is 2. The van der Waals surface area contributed by atoms with Crippen LogP contribution in [-0.2, 0) is 4.79 Å². The monoisotopic (exact) mass is 304 g/mol. The molecular formula is C17H24N2O3. The van der Waals surface area contributed by atoms with Gasteiger partial charge in [0.2, 0.25) is 5.91 Å². The van der Waals surface area contributed by atoms with E-state index in [1.807, 2.05) is 0 Å². The van der Waals surface area contributed by atoms with Crippen molar-refractivity contribution in [2.24, 2.45) is 5.92 Å². The van der Waals surface area contributed by atoms with Crippen molar-refractivity contribution >= 4 is 11.8 Å². The van der Waals surface area contributed by atoms with Crippen molar-refractivity contribution in [1.82, 2.24) is 10.2 Å². The van der Waals surface area contributed by atoms with Gasteiger partial charge in [-0.25, -0.2) is 0 Å². The Bertz CT molecular complexity index is 506. The number of hydrogen-bond acceptors (Lipinski definition) is 3. The van der Waals surface area contributed by atoms with Crippen molar-refractivity contribution in [3.05, 3.63) is 24.2 Å². The van der Waals surface area contributed by atoms with Crippen molar-refractivity contribution < 1.29 is 14.0 Å². The molecule has 2 fully saturated rings. The first-order valence-electron chi connectivity index (χ1n) is 8.37. The normalized spacial score (nSPS) is 23.3. The van der Waals surface area contributed by atoms with E-state index >= 15 is 0 Å². The van der Waals surface area contributed by atoms with Crippen LogP contribution in [0.25, 0.3) is 0 Å². The molecule has 0 bridgehead atoms. The van der Waals surface area contributed by atoms with Crippen LogP contribution in [0.4, 0.5) is 0 Å². The summed E-state index contributed by atoms with van der Waals surface area (Å²) in [6.07, 6.45) is 9.11. The van der Waals surface area contributed by atoms with Crippen LogP contribution < -0.4 is 5.32 Å². The summed E-state index contributed by atoms with van der Waals surface area (Å²) in [5, 5.41) is 3.18. The minimum Gasteiger partial charge on any atom is -0.459 e. The van der Waals surface area contributed by atoms with Gasteiger partial charge in [0.25, 0.3) is 5.91 Å². The Labute approximate surface area is 131 Å². The second-order valence-electron chi connectivity index (χ2n) is 6.41. The van der Waals surface area contributed by atoms with Crippen molar-refractivity contribution in [1.29, 1.82) is 0 Å². The Morgan fingerprint density at radius 2 is 1.95 bits per heavy atom. The Balaban J connectivity index is 1.55. The van der Waals surface area contributed by atoms with E-state index < -0.39 is 0 Å². The highest BCUT2D eigenvalue weighted by Crippen LogP contribution is 2.21. The summed E-state index contributed by atoms with van der Waals surface area (Å²) >= 11 is 0. The van der Waals surface area contributed by atoms with Gasteiger partial charge in [0, 0.05) is 19.1 Å². The molecule has 0 radical (unpaired) electrons. The summed E-state index contributed by atoms with van der Waals surface area (Å²) in [4.78, 5) is 26.5. The first kappa shape index (κ1) is 15.1. The molecule has 22 heavy (non-hydrogen) atoms. The average Bonchev–Trinajstić information content (AvgIpc) is 3.09. The fourth-order valence-corrected chi connectivity index (χ4v) is 3.50. The highest BCUT2D eigenvalue weighted by Gasteiger charge is 2.30. The fourth-order valence-electron chi connectivity index (χ4n) is 3.50. The second-order valence-corrected chi connectivity index (χ2v) is 6.41. The quantitative estimate of drug-likeness (QED) is 0.933. The van der Waals surface area contributed by atoms with Crippen molar-refractivity contribution in [2.45, 2.75) is 51.0 Å². The number of likely N-dealkylation sites (tertiary alicyclic amines) is 1. The molecule has 1 N–H and O–H groups in total. The van der Waals surface area contributed by atoms with E-state index in [0.29, 0.717) is 24.9 Å². The first-order valence-corrected chi connectivity index (χ1v) is 8.37. The van der Waals surface area contributed by atoms with Crippen molar-refractivity contribution in [2.75, 3.05) is 13.1 Å². The predicted molar refractivity (Wildman–Crippen MR) is 82.4 cm³/mol. The molecule has 0 unspecified atom stereocenters. The summed E-state index contributed by atoms with van der Waals surface area (Å²) in [5.41, 5.74) is 0. The summed E-state index contributed by atoms with van der Waals surface area (Å²) < 4.78 is 5.17. The van der Waals surface area contributed by atoms with E-state index in [-0.39, 0.29) is 17.7 Å². The standard InChI is InChI=1S/C17H24N2O3/c20-16(18-14-7-2-1-3-8-14)13-6-4-10-19(12-13)17(21)15-9-5-11-22-15/h5,9,11,13-14H,1-4,6-8,10,12H2,(H,18,20)/t13-/m0/s1. The second kappa shape index (κ2) is 6.99. The van der Waals surface area contributed by atoms with Crippen molar-refractivity contribution in [3.63, 3.8) is 0 Å².